The van der Waals surface area contributed by atoms with Gasteiger partial charge < -0.3 is 14.7 Å². The molecular formula is C22H25ClN2O5S. The second-order valence-corrected chi connectivity index (χ2v) is 10.7. The number of carbonyl (C=O) groups is 1. The van der Waals surface area contributed by atoms with Gasteiger partial charge in [-0.2, -0.15) is 0 Å². The van der Waals surface area contributed by atoms with E-state index in [9.17, 15) is 18.3 Å². The zero-order valence-corrected chi connectivity index (χ0v) is 19.3. The number of aromatic carboxylic acids is 1. The molecule has 0 spiro atoms. The van der Waals surface area contributed by atoms with E-state index in [1.807, 2.05) is 12.1 Å². The van der Waals surface area contributed by atoms with Gasteiger partial charge in [0.2, 0.25) is 0 Å². The van der Waals surface area contributed by atoms with Crippen molar-refractivity contribution in [3.05, 3.63) is 46.0 Å². The number of carboxylic acid groups (broad SMARTS) is 1. The quantitative estimate of drug-likeness (QED) is 0.735. The van der Waals surface area contributed by atoms with Gasteiger partial charge >= 0.3 is 5.97 Å². The number of ether oxygens (including phenoxy) is 1. The first-order valence-corrected chi connectivity index (χ1v) is 12.2. The summed E-state index contributed by atoms with van der Waals surface area (Å²) in [6.45, 7) is 9.46. The molecule has 0 saturated carbocycles. The third-order valence-corrected chi connectivity index (χ3v) is 7.83. The van der Waals surface area contributed by atoms with Gasteiger partial charge in [0.05, 0.1) is 16.3 Å². The van der Waals surface area contributed by atoms with E-state index in [0.717, 1.165) is 37.9 Å². The van der Waals surface area contributed by atoms with E-state index >= 15 is 0 Å². The lowest BCUT2D eigenvalue weighted by atomic mass is 10.1. The molecule has 0 radical (unpaired) electrons. The molecule has 2 heterocycles. The summed E-state index contributed by atoms with van der Waals surface area (Å²) in [6.07, 6.45) is 0. The van der Waals surface area contributed by atoms with Crippen LogP contribution in [0.25, 0.3) is 0 Å². The van der Waals surface area contributed by atoms with Gasteiger partial charge in [-0.1, -0.05) is 11.6 Å². The molecular weight excluding hydrogens is 440 g/mol. The number of anilines is 1. The molecule has 1 N–H and O–H groups in total. The van der Waals surface area contributed by atoms with Crippen molar-refractivity contribution >= 4 is 33.1 Å². The Morgan fingerprint density at radius 3 is 2.39 bits per heavy atom. The Labute approximate surface area is 187 Å². The lowest BCUT2D eigenvalue weighted by Gasteiger charge is -2.38. The van der Waals surface area contributed by atoms with Crippen LogP contribution in [0.3, 0.4) is 0 Å². The number of hydrogen-bond acceptors (Lipinski definition) is 6. The summed E-state index contributed by atoms with van der Waals surface area (Å²) in [7, 11) is -3.83. The Bertz CT molecular complexity index is 1150. The van der Waals surface area contributed by atoms with Gasteiger partial charge in [0.1, 0.15) is 16.4 Å². The number of aryl methyl sites for hydroxylation is 1. The molecule has 31 heavy (non-hydrogen) atoms. The number of hydrogen-bond donors (Lipinski definition) is 1. The molecule has 0 bridgehead atoms. The third-order valence-electron chi connectivity index (χ3n) is 5.89. The van der Waals surface area contributed by atoms with Crippen LogP contribution >= 0.6 is 11.6 Å². The highest BCUT2D eigenvalue weighted by atomic mass is 35.5. The number of nitrogens with zero attached hydrogens (tertiary/aromatic N) is 2. The van der Waals surface area contributed by atoms with Crippen molar-refractivity contribution in [2.45, 2.75) is 37.5 Å². The summed E-state index contributed by atoms with van der Waals surface area (Å²) in [6, 6.07) is 6.67. The average molecular weight is 465 g/mol. The standard InChI is InChI=1S/C22H25ClN2O5S/c1-13(2)24-4-6-25(7-5-24)17-9-16-12-31(28,29)19-10-15(22(26)27)8-14(3)20(19)30-21(16)18(23)11-17/h8-11,13H,4-7,12H2,1-3H3,(H,26,27). The minimum Gasteiger partial charge on any atom is -0.478 e. The Morgan fingerprint density at radius 2 is 1.77 bits per heavy atom. The minimum absolute atomic E-state index is 0.0933. The summed E-state index contributed by atoms with van der Waals surface area (Å²) >= 11 is 6.56. The summed E-state index contributed by atoms with van der Waals surface area (Å²) < 4.78 is 32.3. The Morgan fingerprint density at radius 1 is 1.10 bits per heavy atom. The van der Waals surface area contributed by atoms with E-state index < -0.39 is 15.8 Å². The molecule has 0 atom stereocenters. The number of fused-ring (bicyclic) bond motifs is 2. The Balaban J connectivity index is 1.74. The van der Waals surface area contributed by atoms with Crippen molar-refractivity contribution in [2.75, 3.05) is 31.1 Å². The summed E-state index contributed by atoms with van der Waals surface area (Å²) in [5.41, 5.74) is 1.67. The van der Waals surface area contributed by atoms with Crippen molar-refractivity contribution in [3.63, 3.8) is 0 Å². The predicted molar refractivity (Wildman–Crippen MR) is 119 cm³/mol. The van der Waals surface area contributed by atoms with Gasteiger partial charge in [0, 0.05) is 43.5 Å². The normalized spacial score (nSPS) is 18.2. The molecule has 166 valence electrons. The molecule has 2 aliphatic heterocycles. The van der Waals surface area contributed by atoms with Crippen LogP contribution in [0.4, 0.5) is 5.69 Å². The van der Waals surface area contributed by atoms with Gasteiger partial charge in [-0.05, 0) is 50.6 Å². The van der Waals surface area contributed by atoms with E-state index in [-0.39, 0.29) is 22.0 Å². The molecule has 1 saturated heterocycles. The summed E-state index contributed by atoms with van der Waals surface area (Å²) in [5.74, 6) is -1.07. The zero-order valence-electron chi connectivity index (χ0n) is 17.7. The first-order chi connectivity index (χ1) is 14.6. The van der Waals surface area contributed by atoms with Gasteiger partial charge in [-0.15, -0.1) is 0 Å². The average Bonchev–Trinajstić information content (AvgIpc) is 2.82. The van der Waals surface area contributed by atoms with Gasteiger partial charge in [-0.25, -0.2) is 13.2 Å². The number of piperazine rings is 1. The molecule has 2 aromatic carbocycles. The first kappa shape index (κ1) is 21.9. The van der Waals surface area contributed by atoms with Crippen LogP contribution in [0.15, 0.2) is 29.2 Å². The summed E-state index contributed by atoms with van der Waals surface area (Å²) in [4.78, 5) is 15.9. The van der Waals surface area contributed by atoms with Gasteiger partial charge in [0.25, 0.3) is 0 Å². The smallest absolute Gasteiger partial charge is 0.335 e. The number of benzene rings is 2. The van der Waals surface area contributed by atoms with E-state index in [2.05, 4.69) is 23.6 Å². The lowest BCUT2D eigenvalue weighted by molar-refractivity contribution is 0.0696. The maximum Gasteiger partial charge on any atom is 0.335 e. The van der Waals surface area contributed by atoms with Gasteiger partial charge in [-0.3, -0.25) is 4.90 Å². The van der Waals surface area contributed by atoms with E-state index in [1.165, 1.54) is 6.07 Å². The fraction of sp³-hybridized carbons (Fsp3) is 0.409. The minimum atomic E-state index is -3.83. The summed E-state index contributed by atoms with van der Waals surface area (Å²) in [5, 5.41) is 9.67. The second kappa shape index (κ2) is 8.00. The Kier molecular flexibility index (Phi) is 5.66. The van der Waals surface area contributed by atoms with Crippen molar-refractivity contribution in [2.24, 2.45) is 0 Å². The molecule has 9 heteroatoms. The first-order valence-electron chi connectivity index (χ1n) is 10.2. The molecule has 0 unspecified atom stereocenters. The van der Waals surface area contributed by atoms with Crippen molar-refractivity contribution < 1.29 is 23.1 Å². The van der Waals surface area contributed by atoms with Gasteiger partial charge in [0.15, 0.2) is 9.84 Å². The largest absolute Gasteiger partial charge is 0.478 e. The van der Waals surface area contributed by atoms with E-state index in [4.69, 9.17) is 16.3 Å². The predicted octanol–water partition coefficient (Wildman–Crippen LogP) is 3.96. The molecule has 2 aliphatic rings. The van der Waals surface area contributed by atoms with Crippen molar-refractivity contribution in [3.8, 4) is 11.5 Å². The molecule has 7 nitrogen and oxygen atoms in total. The maximum atomic E-state index is 13.2. The lowest BCUT2D eigenvalue weighted by Crippen LogP contribution is -2.48. The van der Waals surface area contributed by atoms with Crippen LogP contribution < -0.4 is 9.64 Å². The number of sulfone groups is 1. The molecule has 0 aromatic heterocycles. The fourth-order valence-corrected chi connectivity index (χ4v) is 5.99. The van der Waals surface area contributed by atoms with E-state index in [1.54, 1.807) is 6.92 Å². The highest BCUT2D eigenvalue weighted by molar-refractivity contribution is 7.90. The van der Waals surface area contributed by atoms with Crippen LogP contribution in [0, 0.1) is 6.92 Å². The SMILES string of the molecule is Cc1cc(C(=O)O)cc2c1Oc1c(Cl)cc(N3CCN(C(C)C)CC3)cc1CS2(=O)=O. The van der Waals surface area contributed by atoms with Crippen LogP contribution in [-0.2, 0) is 15.6 Å². The fourth-order valence-electron chi connectivity index (χ4n) is 4.15. The second-order valence-electron chi connectivity index (χ2n) is 8.32. The molecule has 2 aromatic rings. The van der Waals surface area contributed by atoms with Crippen LogP contribution in [-0.4, -0.2) is 56.6 Å². The topological polar surface area (TPSA) is 87.2 Å². The monoisotopic (exact) mass is 464 g/mol. The molecule has 1 fully saturated rings. The molecule has 0 aliphatic carbocycles. The maximum absolute atomic E-state index is 13.2. The number of halogens is 1. The highest BCUT2D eigenvalue weighted by Gasteiger charge is 2.32. The van der Waals surface area contributed by atoms with Crippen LogP contribution in [0.1, 0.15) is 35.3 Å². The molecule has 4 rings (SSSR count). The zero-order chi connectivity index (χ0) is 22.5. The highest BCUT2D eigenvalue weighted by Crippen LogP contribution is 2.45. The number of carboxylic acids is 1. The molecule has 0 amide bonds. The third kappa shape index (κ3) is 4.12. The Hall–Kier alpha value is -2.29. The van der Waals surface area contributed by atoms with Crippen LogP contribution in [0.5, 0.6) is 11.5 Å². The van der Waals surface area contributed by atoms with Crippen molar-refractivity contribution in [1.82, 2.24) is 4.90 Å². The number of rotatable bonds is 3. The van der Waals surface area contributed by atoms with Crippen molar-refractivity contribution in [1.29, 1.82) is 0 Å². The van der Waals surface area contributed by atoms with E-state index in [0.29, 0.717) is 27.9 Å². The van der Waals surface area contributed by atoms with Crippen LogP contribution in [0.2, 0.25) is 5.02 Å².